The highest BCUT2D eigenvalue weighted by Crippen LogP contribution is 2.31. The molecule has 4 aromatic heterocycles. The molecule has 0 aromatic carbocycles. The van der Waals surface area contributed by atoms with E-state index in [2.05, 4.69) is 34.2 Å². The Morgan fingerprint density at radius 3 is 2.82 bits per heavy atom. The predicted molar refractivity (Wildman–Crippen MR) is 131 cm³/mol. The van der Waals surface area contributed by atoms with Crippen LogP contribution in [-0.4, -0.2) is 50.7 Å². The summed E-state index contributed by atoms with van der Waals surface area (Å²) in [6.07, 6.45) is 3.65. The van der Waals surface area contributed by atoms with Gasteiger partial charge in [0.15, 0.2) is 5.76 Å². The molecule has 0 saturated carbocycles. The second kappa shape index (κ2) is 9.29. The Kier molecular flexibility index (Phi) is 6.23. The van der Waals surface area contributed by atoms with E-state index in [4.69, 9.17) is 16.1 Å². The number of hydrogen-bond acceptors (Lipinski definition) is 6. The standard InChI is InChI=1S/C24H26ClN5O2S/c1-15(2)29-10-7-17(8-11-29)27-24(31)19-12-16-4-3-9-26-23(16)30(19)14-18-13-20(32-28-18)21-5-6-22(25)33-21/h3-6,9,12-13,15,17H,7-8,10-11,14H2,1-2H3,(H,27,31). The number of carbonyl (C=O) groups is 1. The van der Waals surface area contributed by atoms with Crippen LogP contribution in [0.15, 0.2) is 47.1 Å². The van der Waals surface area contributed by atoms with Crippen molar-refractivity contribution in [3.8, 4) is 10.6 Å². The molecule has 0 unspecified atom stereocenters. The first-order valence-electron chi connectivity index (χ1n) is 11.2. The van der Waals surface area contributed by atoms with E-state index in [-0.39, 0.29) is 11.9 Å². The summed E-state index contributed by atoms with van der Waals surface area (Å²) < 4.78 is 8.15. The Bertz CT molecular complexity index is 1270. The Morgan fingerprint density at radius 1 is 1.27 bits per heavy atom. The van der Waals surface area contributed by atoms with Gasteiger partial charge in [0.25, 0.3) is 5.91 Å². The van der Waals surface area contributed by atoms with Gasteiger partial charge in [-0.25, -0.2) is 4.98 Å². The molecule has 7 nitrogen and oxygen atoms in total. The Hall–Kier alpha value is -2.68. The second-order valence-corrected chi connectivity index (χ2v) is 10.4. The minimum absolute atomic E-state index is 0.0789. The number of likely N-dealkylation sites (tertiary alicyclic amines) is 1. The van der Waals surface area contributed by atoms with Crippen LogP contribution in [0.5, 0.6) is 0 Å². The average Bonchev–Trinajstić information content (AvgIpc) is 3.53. The molecule has 5 rings (SSSR count). The molecule has 1 aliphatic heterocycles. The van der Waals surface area contributed by atoms with Gasteiger partial charge in [0, 0.05) is 42.8 Å². The number of halogens is 1. The fraction of sp³-hybridized carbons (Fsp3) is 0.375. The summed E-state index contributed by atoms with van der Waals surface area (Å²) in [7, 11) is 0. The van der Waals surface area contributed by atoms with E-state index in [1.54, 1.807) is 6.20 Å². The quantitative estimate of drug-likeness (QED) is 0.415. The first kappa shape index (κ1) is 22.1. The maximum absolute atomic E-state index is 13.3. The van der Waals surface area contributed by atoms with Crippen molar-refractivity contribution in [1.29, 1.82) is 0 Å². The molecule has 0 aliphatic carbocycles. The van der Waals surface area contributed by atoms with Crippen LogP contribution < -0.4 is 5.32 Å². The fourth-order valence-electron chi connectivity index (χ4n) is 4.37. The van der Waals surface area contributed by atoms with Crippen LogP contribution >= 0.6 is 22.9 Å². The summed E-state index contributed by atoms with van der Waals surface area (Å²) in [4.78, 5) is 21.2. The van der Waals surface area contributed by atoms with Gasteiger partial charge in [0.2, 0.25) is 0 Å². The van der Waals surface area contributed by atoms with Gasteiger partial charge in [0.1, 0.15) is 17.0 Å². The maximum Gasteiger partial charge on any atom is 0.268 e. The normalized spacial score (nSPS) is 15.5. The minimum Gasteiger partial charge on any atom is -0.355 e. The summed E-state index contributed by atoms with van der Waals surface area (Å²) in [5.74, 6) is 0.582. The second-order valence-electron chi connectivity index (χ2n) is 8.70. The molecular formula is C24H26ClN5O2S. The Balaban J connectivity index is 1.38. The third-order valence-corrected chi connectivity index (χ3v) is 7.42. The lowest BCUT2D eigenvalue weighted by atomic mass is 10.0. The summed E-state index contributed by atoms with van der Waals surface area (Å²) >= 11 is 7.49. The lowest BCUT2D eigenvalue weighted by Crippen LogP contribution is -2.46. The SMILES string of the molecule is CC(C)N1CCC(NC(=O)c2cc3cccnc3n2Cc2cc(-c3ccc(Cl)s3)on2)CC1. The van der Waals surface area contributed by atoms with Crippen molar-refractivity contribution in [2.24, 2.45) is 0 Å². The number of thiophene rings is 1. The number of pyridine rings is 1. The van der Waals surface area contributed by atoms with Crippen molar-refractivity contribution in [2.75, 3.05) is 13.1 Å². The van der Waals surface area contributed by atoms with Gasteiger partial charge >= 0.3 is 0 Å². The lowest BCUT2D eigenvalue weighted by Gasteiger charge is -2.34. The third kappa shape index (κ3) is 4.69. The Morgan fingerprint density at radius 2 is 2.09 bits per heavy atom. The van der Waals surface area contributed by atoms with Crippen LogP contribution in [0.1, 0.15) is 42.9 Å². The van der Waals surface area contributed by atoms with Gasteiger partial charge < -0.3 is 19.3 Å². The van der Waals surface area contributed by atoms with Crippen molar-refractivity contribution < 1.29 is 9.32 Å². The molecule has 0 spiro atoms. The monoisotopic (exact) mass is 483 g/mol. The third-order valence-electron chi connectivity index (χ3n) is 6.18. The zero-order valence-corrected chi connectivity index (χ0v) is 20.2. The molecule has 4 aromatic rings. The van der Waals surface area contributed by atoms with Gasteiger partial charge in [-0.3, -0.25) is 4.79 Å². The highest BCUT2D eigenvalue weighted by atomic mass is 35.5. The number of carbonyl (C=O) groups excluding carboxylic acids is 1. The number of nitrogens with zero attached hydrogens (tertiary/aromatic N) is 4. The summed E-state index contributed by atoms with van der Waals surface area (Å²) in [5, 5.41) is 8.39. The van der Waals surface area contributed by atoms with E-state index >= 15 is 0 Å². The predicted octanol–water partition coefficient (Wildman–Crippen LogP) is 5.06. The first-order valence-corrected chi connectivity index (χ1v) is 12.4. The minimum atomic E-state index is -0.0789. The summed E-state index contributed by atoms with van der Waals surface area (Å²) in [6, 6.07) is 12.1. The number of fused-ring (bicyclic) bond motifs is 1. The van der Waals surface area contributed by atoms with Crippen LogP contribution in [0.4, 0.5) is 0 Å². The molecule has 172 valence electrons. The van der Waals surface area contributed by atoms with E-state index in [9.17, 15) is 4.79 Å². The Labute approximate surface area is 201 Å². The molecule has 5 heterocycles. The molecule has 0 atom stereocenters. The van der Waals surface area contributed by atoms with Crippen molar-refractivity contribution in [2.45, 2.75) is 45.3 Å². The summed E-state index contributed by atoms with van der Waals surface area (Å²) in [6.45, 7) is 6.82. The van der Waals surface area contributed by atoms with Gasteiger partial charge in [0.05, 0.1) is 15.8 Å². The molecule has 0 radical (unpaired) electrons. The van der Waals surface area contributed by atoms with Crippen LogP contribution in [0.25, 0.3) is 21.7 Å². The molecule has 1 aliphatic rings. The van der Waals surface area contributed by atoms with Gasteiger partial charge in [-0.2, -0.15) is 0 Å². The fourth-order valence-corrected chi connectivity index (χ4v) is 5.36. The molecular weight excluding hydrogens is 458 g/mol. The summed E-state index contributed by atoms with van der Waals surface area (Å²) in [5.41, 5.74) is 2.05. The van der Waals surface area contributed by atoms with Crippen LogP contribution in [0.3, 0.4) is 0 Å². The van der Waals surface area contributed by atoms with Crippen LogP contribution in [0, 0.1) is 0 Å². The topological polar surface area (TPSA) is 76.2 Å². The molecule has 0 bridgehead atoms. The van der Waals surface area contributed by atoms with E-state index in [1.807, 2.05) is 41.0 Å². The van der Waals surface area contributed by atoms with E-state index in [0.717, 1.165) is 47.5 Å². The number of rotatable bonds is 6. The van der Waals surface area contributed by atoms with E-state index in [0.29, 0.717) is 28.4 Å². The van der Waals surface area contributed by atoms with Gasteiger partial charge in [-0.05, 0) is 57.0 Å². The van der Waals surface area contributed by atoms with Crippen molar-refractivity contribution in [1.82, 2.24) is 24.9 Å². The molecule has 9 heteroatoms. The van der Waals surface area contributed by atoms with Crippen LogP contribution in [0.2, 0.25) is 4.34 Å². The smallest absolute Gasteiger partial charge is 0.268 e. The van der Waals surface area contributed by atoms with Crippen molar-refractivity contribution >= 4 is 39.9 Å². The van der Waals surface area contributed by atoms with E-state index < -0.39 is 0 Å². The lowest BCUT2D eigenvalue weighted by molar-refractivity contribution is 0.0892. The number of piperidine rings is 1. The largest absolute Gasteiger partial charge is 0.355 e. The van der Waals surface area contributed by atoms with Gasteiger partial charge in [-0.15, -0.1) is 11.3 Å². The number of aromatic nitrogens is 3. The van der Waals surface area contributed by atoms with E-state index in [1.165, 1.54) is 11.3 Å². The van der Waals surface area contributed by atoms with Crippen molar-refractivity contribution in [3.05, 3.63) is 58.3 Å². The number of hydrogen-bond donors (Lipinski definition) is 1. The number of nitrogens with one attached hydrogen (secondary N) is 1. The average molecular weight is 484 g/mol. The van der Waals surface area contributed by atoms with Crippen LogP contribution in [-0.2, 0) is 6.54 Å². The number of amides is 1. The molecule has 33 heavy (non-hydrogen) atoms. The van der Waals surface area contributed by atoms with Gasteiger partial charge in [-0.1, -0.05) is 16.8 Å². The highest BCUT2D eigenvalue weighted by Gasteiger charge is 2.25. The first-order chi connectivity index (χ1) is 16.0. The zero-order chi connectivity index (χ0) is 22.9. The molecule has 1 amide bonds. The van der Waals surface area contributed by atoms with Crippen molar-refractivity contribution in [3.63, 3.8) is 0 Å². The maximum atomic E-state index is 13.3. The molecule has 1 N–H and O–H groups in total. The zero-order valence-electron chi connectivity index (χ0n) is 18.6. The molecule has 1 fully saturated rings. The highest BCUT2D eigenvalue weighted by molar-refractivity contribution is 7.19. The molecule has 1 saturated heterocycles.